The van der Waals surface area contributed by atoms with Gasteiger partial charge >= 0.3 is 0 Å². The van der Waals surface area contributed by atoms with Crippen LogP contribution < -0.4 is 16.6 Å². The molecule has 6 nitrogen and oxygen atoms in total. The fourth-order valence-electron chi connectivity index (χ4n) is 2.09. The molecule has 0 aromatic carbocycles. The Hall–Kier alpha value is -1.37. The second-order valence-electron chi connectivity index (χ2n) is 4.75. The zero-order valence-electron chi connectivity index (χ0n) is 10.8. The van der Waals surface area contributed by atoms with Crippen molar-refractivity contribution in [3.8, 4) is 0 Å². The van der Waals surface area contributed by atoms with E-state index in [-0.39, 0.29) is 11.9 Å². The molecule has 2 rings (SSSR count). The van der Waals surface area contributed by atoms with Crippen molar-refractivity contribution < 1.29 is 4.79 Å². The number of carbonyl (C=O) groups excluding carboxylic acids is 1. The number of pyridine rings is 1. The fraction of sp³-hybridized carbons (Fsp3) is 0.500. The van der Waals surface area contributed by atoms with Gasteiger partial charge in [-0.1, -0.05) is 11.6 Å². The highest BCUT2D eigenvalue weighted by atomic mass is 35.5. The Morgan fingerprint density at radius 2 is 2.21 bits per heavy atom. The van der Waals surface area contributed by atoms with Crippen LogP contribution in [-0.4, -0.2) is 42.0 Å². The first-order chi connectivity index (χ1) is 9.10. The van der Waals surface area contributed by atoms with E-state index < -0.39 is 0 Å². The Morgan fingerprint density at radius 3 is 2.79 bits per heavy atom. The van der Waals surface area contributed by atoms with Crippen molar-refractivity contribution in [2.45, 2.75) is 18.9 Å². The van der Waals surface area contributed by atoms with E-state index in [0.29, 0.717) is 16.4 Å². The minimum atomic E-state index is -0.146. The number of nitrogens with one attached hydrogen (secondary N) is 2. The number of likely N-dealkylation sites (tertiary alicyclic amines) is 1. The molecule has 0 spiro atoms. The number of hydrogen-bond donors (Lipinski definition) is 3. The maximum absolute atomic E-state index is 12.1. The predicted octanol–water partition coefficient (Wildman–Crippen LogP) is 0.845. The van der Waals surface area contributed by atoms with Crippen LogP contribution in [0.1, 0.15) is 23.2 Å². The van der Waals surface area contributed by atoms with Crippen LogP contribution in [0.25, 0.3) is 0 Å². The Balaban J connectivity index is 1.98. The maximum Gasteiger partial charge on any atom is 0.253 e. The summed E-state index contributed by atoms with van der Waals surface area (Å²) >= 11 is 5.94. The molecular weight excluding hydrogens is 266 g/mol. The molecule has 1 aromatic rings. The van der Waals surface area contributed by atoms with Gasteiger partial charge in [-0.05, 0) is 39.0 Å². The highest BCUT2D eigenvalue weighted by molar-refractivity contribution is 6.33. The van der Waals surface area contributed by atoms with Crippen molar-refractivity contribution in [3.05, 3.63) is 22.8 Å². The third kappa shape index (κ3) is 3.56. The number of aromatic nitrogens is 1. The predicted molar refractivity (Wildman–Crippen MR) is 75.0 cm³/mol. The van der Waals surface area contributed by atoms with Crippen molar-refractivity contribution >= 4 is 23.3 Å². The topological polar surface area (TPSA) is 83.3 Å². The van der Waals surface area contributed by atoms with Crippen molar-refractivity contribution in [3.63, 3.8) is 0 Å². The number of hydrazine groups is 1. The molecule has 0 radical (unpaired) electrons. The number of anilines is 1. The first-order valence-corrected chi connectivity index (χ1v) is 6.59. The Bertz CT molecular complexity index is 459. The van der Waals surface area contributed by atoms with Crippen LogP contribution in [0.2, 0.25) is 5.02 Å². The molecule has 1 aliphatic heterocycles. The minimum absolute atomic E-state index is 0.146. The molecule has 1 aliphatic rings. The maximum atomic E-state index is 12.1. The molecule has 0 atom stereocenters. The van der Waals surface area contributed by atoms with Crippen LogP contribution in [0.4, 0.5) is 5.82 Å². The van der Waals surface area contributed by atoms with E-state index in [1.54, 1.807) is 6.07 Å². The van der Waals surface area contributed by atoms with Gasteiger partial charge in [-0.25, -0.2) is 10.8 Å². The van der Waals surface area contributed by atoms with Gasteiger partial charge in [0.2, 0.25) is 0 Å². The van der Waals surface area contributed by atoms with Gasteiger partial charge in [0, 0.05) is 12.2 Å². The molecule has 0 saturated carbocycles. The largest absolute Gasteiger partial charge is 0.349 e. The first kappa shape index (κ1) is 14.0. The normalized spacial score (nSPS) is 17.2. The molecule has 0 bridgehead atoms. The molecule has 1 aromatic heterocycles. The third-order valence-electron chi connectivity index (χ3n) is 3.29. The number of amides is 1. The lowest BCUT2D eigenvalue weighted by Crippen LogP contribution is -2.43. The summed E-state index contributed by atoms with van der Waals surface area (Å²) in [6, 6.07) is 1.78. The van der Waals surface area contributed by atoms with Crippen molar-refractivity contribution in [1.29, 1.82) is 0 Å². The van der Waals surface area contributed by atoms with Crippen LogP contribution in [0, 0.1) is 0 Å². The van der Waals surface area contributed by atoms with Crippen LogP contribution in [0.3, 0.4) is 0 Å². The van der Waals surface area contributed by atoms with Gasteiger partial charge in [-0.15, -0.1) is 0 Å². The Morgan fingerprint density at radius 1 is 1.53 bits per heavy atom. The summed E-state index contributed by atoms with van der Waals surface area (Å²) in [5, 5.41) is 3.34. The summed E-state index contributed by atoms with van der Waals surface area (Å²) in [4.78, 5) is 18.3. The summed E-state index contributed by atoms with van der Waals surface area (Å²) in [6.07, 6.45) is 3.39. The highest BCUT2D eigenvalue weighted by Crippen LogP contribution is 2.19. The monoisotopic (exact) mass is 283 g/mol. The quantitative estimate of drug-likeness (QED) is 0.566. The average Bonchev–Trinajstić information content (AvgIpc) is 2.41. The van der Waals surface area contributed by atoms with E-state index in [9.17, 15) is 4.79 Å². The number of carbonyl (C=O) groups is 1. The molecule has 1 amide bonds. The number of halogens is 1. The van der Waals surface area contributed by atoms with E-state index in [1.165, 1.54) is 6.20 Å². The molecule has 4 N–H and O–H groups in total. The summed E-state index contributed by atoms with van der Waals surface area (Å²) in [7, 11) is 2.08. The summed E-state index contributed by atoms with van der Waals surface area (Å²) in [5.74, 6) is 5.45. The molecule has 0 aliphatic carbocycles. The number of piperidine rings is 1. The number of rotatable bonds is 3. The first-order valence-electron chi connectivity index (χ1n) is 6.21. The van der Waals surface area contributed by atoms with Crippen LogP contribution in [0.15, 0.2) is 12.3 Å². The number of nitrogen functional groups attached to an aromatic ring is 1. The molecule has 0 unspecified atom stereocenters. The average molecular weight is 284 g/mol. The van der Waals surface area contributed by atoms with E-state index in [4.69, 9.17) is 17.4 Å². The zero-order valence-corrected chi connectivity index (χ0v) is 11.6. The molecule has 7 heteroatoms. The standard InChI is InChI=1S/C12H18ClN5O/c1-18-4-2-9(3-5-18)16-12(19)8-6-10(13)11(17-14)15-7-8/h6-7,9H,2-5,14H2,1H3,(H,15,17)(H,16,19). The van der Waals surface area contributed by atoms with Crippen LogP contribution >= 0.6 is 11.6 Å². The van der Waals surface area contributed by atoms with Crippen molar-refractivity contribution in [2.75, 3.05) is 25.6 Å². The third-order valence-corrected chi connectivity index (χ3v) is 3.58. The SMILES string of the molecule is CN1CCC(NC(=O)c2cnc(NN)c(Cl)c2)CC1. The second-order valence-corrected chi connectivity index (χ2v) is 5.16. The Kier molecular flexibility index (Phi) is 4.57. The highest BCUT2D eigenvalue weighted by Gasteiger charge is 2.19. The number of hydrogen-bond acceptors (Lipinski definition) is 5. The lowest BCUT2D eigenvalue weighted by molar-refractivity contribution is 0.0916. The molecule has 1 saturated heterocycles. The lowest BCUT2D eigenvalue weighted by Gasteiger charge is -2.29. The lowest BCUT2D eigenvalue weighted by atomic mass is 10.1. The van der Waals surface area contributed by atoms with E-state index >= 15 is 0 Å². The minimum Gasteiger partial charge on any atom is -0.349 e. The van der Waals surface area contributed by atoms with Gasteiger partial charge in [0.15, 0.2) is 5.82 Å². The summed E-state index contributed by atoms with van der Waals surface area (Å²) in [5.41, 5.74) is 2.81. The second kappa shape index (κ2) is 6.18. The van der Waals surface area contributed by atoms with Gasteiger partial charge in [-0.3, -0.25) is 4.79 Å². The number of nitrogens with two attached hydrogens (primary N) is 1. The van der Waals surface area contributed by atoms with Crippen LogP contribution in [-0.2, 0) is 0 Å². The Labute approximate surface area is 117 Å². The number of nitrogens with zero attached hydrogens (tertiary/aromatic N) is 2. The molecular formula is C12H18ClN5O. The molecule has 2 heterocycles. The van der Waals surface area contributed by atoms with E-state index in [0.717, 1.165) is 25.9 Å². The van der Waals surface area contributed by atoms with Crippen molar-refractivity contribution in [1.82, 2.24) is 15.2 Å². The van der Waals surface area contributed by atoms with Crippen LogP contribution in [0.5, 0.6) is 0 Å². The molecule has 19 heavy (non-hydrogen) atoms. The summed E-state index contributed by atoms with van der Waals surface area (Å²) in [6.45, 7) is 2.00. The summed E-state index contributed by atoms with van der Waals surface area (Å²) < 4.78 is 0. The zero-order chi connectivity index (χ0) is 13.8. The van der Waals surface area contributed by atoms with Gasteiger partial charge in [0.1, 0.15) is 0 Å². The fourth-order valence-corrected chi connectivity index (χ4v) is 2.31. The molecule has 1 fully saturated rings. The van der Waals surface area contributed by atoms with E-state index in [1.807, 2.05) is 0 Å². The van der Waals surface area contributed by atoms with Gasteiger partial charge < -0.3 is 15.6 Å². The smallest absolute Gasteiger partial charge is 0.253 e. The molecule has 104 valence electrons. The van der Waals surface area contributed by atoms with Crippen molar-refractivity contribution in [2.24, 2.45) is 5.84 Å². The van der Waals surface area contributed by atoms with Gasteiger partial charge in [0.25, 0.3) is 5.91 Å². The van der Waals surface area contributed by atoms with Gasteiger partial charge in [-0.2, -0.15) is 0 Å². The van der Waals surface area contributed by atoms with Gasteiger partial charge in [0.05, 0.1) is 10.6 Å². The van der Waals surface area contributed by atoms with E-state index in [2.05, 4.69) is 27.7 Å².